The highest BCUT2D eigenvalue weighted by atomic mass is 19.1. The molecule has 1 heterocycles. The third-order valence-electron chi connectivity index (χ3n) is 5.42. The normalized spacial score (nSPS) is 24.9. The first-order valence-electron chi connectivity index (χ1n) is 8.95. The molecule has 0 spiro atoms. The van der Waals surface area contributed by atoms with Gasteiger partial charge in [-0.05, 0) is 49.3 Å². The second kappa shape index (κ2) is 7.91. The Morgan fingerprint density at radius 1 is 1.17 bits per heavy atom. The molecule has 23 heavy (non-hydrogen) atoms. The van der Waals surface area contributed by atoms with Gasteiger partial charge in [0.2, 0.25) is 5.91 Å². The summed E-state index contributed by atoms with van der Waals surface area (Å²) in [4.78, 5) is 14.4. The van der Waals surface area contributed by atoms with Crippen molar-refractivity contribution in [2.24, 2.45) is 11.8 Å². The molecule has 0 unspecified atom stereocenters. The van der Waals surface area contributed by atoms with Crippen LogP contribution in [0.5, 0.6) is 0 Å². The summed E-state index contributed by atoms with van der Waals surface area (Å²) in [5.74, 6) is 1.56. The molecular formula is C19H27FN2O. The number of nitrogens with one attached hydrogen (secondary N) is 1. The van der Waals surface area contributed by atoms with Crippen molar-refractivity contribution < 1.29 is 9.18 Å². The van der Waals surface area contributed by atoms with E-state index < -0.39 is 0 Å². The molecule has 2 atom stereocenters. The Bertz CT molecular complexity index is 534. The highest BCUT2D eigenvalue weighted by molar-refractivity contribution is 5.78. The number of benzene rings is 1. The highest BCUT2D eigenvalue weighted by Crippen LogP contribution is 2.35. The van der Waals surface area contributed by atoms with Crippen LogP contribution in [0.15, 0.2) is 24.3 Å². The molecule has 1 amide bonds. The quantitative estimate of drug-likeness (QED) is 0.905. The largest absolute Gasteiger partial charge is 0.355 e. The predicted octanol–water partition coefficient (Wildman–Crippen LogP) is 3.00. The molecule has 3 rings (SSSR count). The molecule has 1 N–H and O–H groups in total. The minimum Gasteiger partial charge on any atom is -0.355 e. The maximum Gasteiger partial charge on any atom is 0.234 e. The number of hydrogen-bond donors (Lipinski definition) is 1. The van der Waals surface area contributed by atoms with Gasteiger partial charge in [-0.2, -0.15) is 0 Å². The number of rotatable bonds is 5. The molecule has 4 heteroatoms. The number of likely N-dealkylation sites (tertiary alicyclic amines) is 1. The molecule has 2 aliphatic rings. The minimum absolute atomic E-state index is 0.0654. The third kappa shape index (κ3) is 4.54. The van der Waals surface area contributed by atoms with Crippen LogP contribution in [0.3, 0.4) is 0 Å². The molecule has 0 radical (unpaired) electrons. The summed E-state index contributed by atoms with van der Waals surface area (Å²) < 4.78 is 13.5. The predicted molar refractivity (Wildman–Crippen MR) is 89.6 cm³/mol. The van der Waals surface area contributed by atoms with E-state index in [1.807, 2.05) is 6.07 Å². The Balaban J connectivity index is 1.39. The molecule has 1 aliphatic carbocycles. The first kappa shape index (κ1) is 16.4. The molecule has 3 nitrogen and oxygen atoms in total. The fourth-order valence-corrected chi connectivity index (χ4v) is 4.12. The Morgan fingerprint density at radius 3 is 2.78 bits per heavy atom. The molecule has 1 saturated heterocycles. The van der Waals surface area contributed by atoms with Crippen LogP contribution in [0.2, 0.25) is 0 Å². The maximum absolute atomic E-state index is 13.5. The second-order valence-corrected chi connectivity index (χ2v) is 7.02. The van der Waals surface area contributed by atoms with Crippen molar-refractivity contribution in [2.75, 3.05) is 26.2 Å². The van der Waals surface area contributed by atoms with Crippen LogP contribution in [0.25, 0.3) is 0 Å². The van der Waals surface area contributed by atoms with E-state index in [2.05, 4.69) is 10.2 Å². The Kier molecular flexibility index (Phi) is 5.65. The van der Waals surface area contributed by atoms with Gasteiger partial charge in [0.1, 0.15) is 5.82 Å². The lowest BCUT2D eigenvalue weighted by molar-refractivity contribution is -0.123. The van der Waals surface area contributed by atoms with Crippen LogP contribution in [-0.2, 0) is 11.2 Å². The molecular weight excluding hydrogens is 291 g/mol. The summed E-state index contributed by atoms with van der Waals surface area (Å²) in [5, 5.41) is 2.93. The molecule has 126 valence electrons. The van der Waals surface area contributed by atoms with Crippen molar-refractivity contribution in [3.8, 4) is 0 Å². The average Bonchev–Trinajstić information content (AvgIpc) is 2.56. The maximum atomic E-state index is 13.5. The average molecular weight is 318 g/mol. The number of nitrogens with zero attached hydrogens (tertiary/aromatic N) is 1. The van der Waals surface area contributed by atoms with Gasteiger partial charge in [0, 0.05) is 13.1 Å². The summed E-state index contributed by atoms with van der Waals surface area (Å²) in [5.41, 5.74) is 0.663. The highest BCUT2D eigenvalue weighted by Gasteiger charge is 2.31. The first-order valence-corrected chi connectivity index (χ1v) is 8.95. The van der Waals surface area contributed by atoms with Gasteiger partial charge in [-0.25, -0.2) is 4.39 Å². The van der Waals surface area contributed by atoms with Gasteiger partial charge in [0.15, 0.2) is 0 Å². The summed E-state index contributed by atoms with van der Waals surface area (Å²) in [6, 6.07) is 6.75. The van der Waals surface area contributed by atoms with Gasteiger partial charge >= 0.3 is 0 Å². The Hall–Kier alpha value is -1.42. The van der Waals surface area contributed by atoms with E-state index in [1.54, 1.807) is 12.1 Å². The summed E-state index contributed by atoms with van der Waals surface area (Å²) in [6.45, 7) is 3.10. The lowest BCUT2D eigenvalue weighted by Crippen LogP contribution is -2.46. The number of carbonyl (C=O) groups excluding carboxylic acids is 1. The Morgan fingerprint density at radius 2 is 1.96 bits per heavy atom. The van der Waals surface area contributed by atoms with E-state index in [-0.39, 0.29) is 11.7 Å². The smallest absolute Gasteiger partial charge is 0.234 e. The van der Waals surface area contributed by atoms with E-state index in [9.17, 15) is 9.18 Å². The van der Waals surface area contributed by atoms with Crippen molar-refractivity contribution >= 4 is 5.91 Å². The zero-order chi connectivity index (χ0) is 16.1. The van der Waals surface area contributed by atoms with Gasteiger partial charge in [0.25, 0.3) is 0 Å². The Labute approximate surface area is 138 Å². The van der Waals surface area contributed by atoms with Crippen LogP contribution >= 0.6 is 0 Å². The van der Waals surface area contributed by atoms with Crippen LogP contribution < -0.4 is 5.32 Å². The standard InChI is InChI=1S/C19H27FN2O/c20-18-8-4-3-6-16(18)9-11-21-19(23)14-22-12-10-15-5-1-2-7-17(15)13-22/h3-4,6,8,15,17H,1-2,5,7,9-14H2,(H,21,23)/t15-,17-/m1/s1. The van der Waals surface area contributed by atoms with Gasteiger partial charge in [0.05, 0.1) is 6.54 Å². The summed E-state index contributed by atoms with van der Waals surface area (Å²) >= 11 is 0. The van der Waals surface area contributed by atoms with E-state index in [0.29, 0.717) is 25.1 Å². The molecule has 0 bridgehead atoms. The van der Waals surface area contributed by atoms with E-state index in [4.69, 9.17) is 0 Å². The molecule has 1 aliphatic heterocycles. The zero-order valence-electron chi connectivity index (χ0n) is 13.8. The number of amides is 1. The fraction of sp³-hybridized carbons (Fsp3) is 0.632. The van der Waals surface area contributed by atoms with Crippen LogP contribution in [0, 0.1) is 17.7 Å². The molecule has 1 saturated carbocycles. The molecule has 2 fully saturated rings. The number of halogens is 1. The minimum atomic E-state index is -0.193. The van der Waals surface area contributed by atoms with Crippen molar-refractivity contribution in [1.82, 2.24) is 10.2 Å². The molecule has 0 aromatic heterocycles. The lowest BCUT2D eigenvalue weighted by atomic mass is 9.75. The topological polar surface area (TPSA) is 32.3 Å². The van der Waals surface area contributed by atoms with Crippen molar-refractivity contribution in [2.45, 2.75) is 38.5 Å². The van der Waals surface area contributed by atoms with Gasteiger partial charge in [-0.3, -0.25) is 9.69 Å². The second-order valence-electron chi connectivity index (χ2n) is 7.02. The van der Waals surface area contributed by atoms with Crippen molar-refractivity contribution in [1.29, 1.82) is 0 Å². The van der Waals surface area contributed by atoms with Gasteiger partial charge < -0.3 is 5.32 Å². The zero-order valence-corrected chi connectivity index (χ0v) is 13.8. The van der Waals surface area contributed by atoms with E-state index in [0.717, 1.165) is 24.9 Å². The lowest BCUT2D eigenvalue weighted by Gasteiger charge is -2.41. The van der Waals surface area contributed by atoms with Crippen molar-refractivity contribution in [3.63, 3.8) is 0 Å². The molecule has 1 aromatic carbocycles. The molecule has 1 aromatic rings. The van der Waals surface area contributed by atoms with Crippen LogP contribution in [-0.4, -0.2) is 37.0 Å². The summed E-state index contributed by atoms with van der Waals surface area (Å²) in [6.07, 6.45) is 7.24. The summed E-state index contributed by atoms with van der Waals surface area (Å²) in [7, 11) is 0. The third-order valence-corrected chi connectivity index (χ3v) is 5.42. The first-order chi connectivity index (χ1) is 11.2. The number of carbonyl (C=O) groups is 1. The van der Waals surface area contributed by atoms with E-state index >= 15 is 0 Å². The van der Waals surface area contributed by atoms with Gasteiger partial charge in [-0.1, -0.05) is 37.5 Å². The van der Waals surface area contributed by atoms with Gasteiger partial charge in [-0.15, -0.1) is 0 Å². The van der Waals surface area contributed by atoms with Crippen LogP contribution in [0.1, 0.15) is 37.7 Å². The fourth-order valence-electron chi connectivity index (χ4n) is 4.12. The SMILES string of the molecule is O=C(CN1CC[C@H]2CCCC[C@@H]2C1)NCCc1ccccc1F. The number of hydrogen-bond acceptors (Lipinski definition) is 2. The monoisotopic (exact) mass is 318 g/mol. The van der Waals surface area contributed by atoms with Crippen molar-refractivity contribution in [3.05, 3.63) is 35.6 Å². The number of fused-ring (bicyclic) bond motifs is 1. The number of piperidine rings is 1. The van der Waals surface area contributed by atoms with E-state index in [1.165, 1.54) is 38.2 Å². The van der Waals surface area contributed by atoms with Crippen LogP contribution in [0.4, 0.5) is 4.39 Å².